The highest BCUT2D eigenvalue weighted by atomic mass is 16.6. The van der Waals surface area contributed by atoms with Gasteiger partial charge >= 0.3 is 5.97 Å². The van der Waals surface area contributed by atoms with Crippen molar-refractivity contribution in [3.63, 3.8) is 0 Å². The third-order valence-electron chi connectivity index (χ3n) is 3.82. The standard InChI is InChI=1S/C20H20N2O8/c1-4-28-18-9-13(12-21)5-6-16(18)30-20(23)14-10-17(27-3)19(29-8-7-26-2)11-15(14)22(24)25/h5-6,9-11H,4,7-8H2,1-3H3. The van der Waals surface area contributed by atoms with E-state index in [1.54, 1.807) is 6.92 Å². The van der Waals surface area contributed by atoms with Crippen LogP contribution in [-0.4, -0.2) is 44.9 Å². The molecule has 0 aliphatic rings. The van der Waals surface area contributed by atoms with Gasteiger partial charge in [0.05, 0.1) is 42.9 Å². The Kier molecular flexibility index (Phi) is 7.96. The zero-order chi connectivity index (χ0) is 22.1. The molecule has 0 unspecified atom stereocenters. The lowest BCUT2D eigenvalue weighted by atomic mass is 10.1. The summed E-state index contributed by atoms with van der Waals surface area (Å²) in [6.07, 6.45) is 0. The van der Waals surface area contributed by atoms with Crippen LogP contribution in [0.3, 0.4) is 0 Å². The Morgan fingerprint density at radius 1 is 1.07 bits per heavy atom. The predicted molar refractivity (Wildman–Crippen MR) is 104 cm³/mol. The molecule has 0 saturated heterocycles. The zero-order valence-corrected chi connectivity index (χ0v) is 16.7. The zero-order valence-electron chi connectivity index (χ0n) is 16.7. The average Bonchev–Trinajstić information content (AvgIpc) is 2.74. The minimum atomic E-state index is -0.992. The molecule has 0 atom stereocenters. The molecule has 158 valence electrons. The highest BCUT2D eigenvalue weighted by Crippen LogP contribution is 2.36. The fourth-order valence-electron chi connectivity index (χ4n) is 2.46. The van der Waals surface area contributed by atoms with Crippen molar-refractivity contribution in [3.05, 3.63) is 51.6 Å². The van der Waals surface area contributed by atoms with Crippen molar-refractivity contribution in [3.8, 4) is 29.1 Å². The average molecular weight is 416 g/mol. The van der Waals surface area contributed by atoms with Gasteiger partial charge in [-0.05, 0) is 19.1 Å². The number of carbonyl (C=O) groups is 1. The molecule has 10 heteroatoms. The van der Waals surface area contributed by atoms with Crippen LogP contribution in [0.15, 0.2) is 30.3 Å². The lowest BCUT2D eigenvalue weighted by Gasteiger charge is -2.13. The van der Waals surface area contributed by atoms with Gasteiger partial charge in [-0.15, -0.1) is 0 Å². The van der Waals surface area contributed by atoms with Gasteiger partial charge in [0.2, 0.25) is 0 Å². The van der Waals surface area contributed by atoms with Gasteiger partial charge in [0.1, 0.15) is 12.2 Å². The second-order valence-corrected chi connectivity index (χ2v) is 5.71. The Morgan fingerprint density at radius 3 is 2.40 bits per heavy atom. The van der Waals surface area contributed by atoms with Crippen molar-refractivity contribution in [2.24, 2.45) is 0 Å². The van der Waals surface area contributed by atoms with Gasteiger partial charge in [-0.3, -0.25) is 10.1 Å². The van der Waals surface area contributed by atoms with Crippen LogP contribution >= 0.6 is 0 Å². The number of methoxy groups -OCH3 is 2. The maximum Gasteiger partial charge on any atom is 0.350 e. The van der Waals surface area contributed by atoms with Crippen molar-refractivity contribution >= 4 is 11.7 Å². The molecule has 2 rings (SSSR count). The molecular weight excluding hydrogens is 396 g/mol. The summed E-state index contributed by atoms with van der Waals surface area (Å²) < 4.78 is 26.2. The van der Waals surface area contributed by atoms with Crippen molar-refractivity contribution in [1.29, 1.82) is 5.26 Å². The van der Waals surface area contributed by atoms with Crippen LogP contribution < -0.4 is 18.9 Å². The van der Waals surface area contributed by atoms with Crippen LogP contribution in [0.2, 0.25) is 0 Å². The summed E-state index contributed by atoms with van der Waals surface area (Å²) in [7, 11) is 2.83. The number of nitrogens with zero attached hydrogens (tertiary/aromatic N) is 2. The summed E-state index contributed by atoms with van der Waals surface area (Å²) in [4.78, 5) is 23.5. The van der Waals surface area contributed by atoms with Gasteiger partial charge < -0.3 is 23.7 Å². The number of rotatable bonds is 10. The minimum absolute atomic E-state index is 0.0227. The number of esters is 1. The lowest BCUT2D eigenvalue weighted by Crippen LogP contribution is -2.13. The fourth-order valence-corrected chi connectivity index (χ4v) is 2.46. The monoisotopic (exact) mass is 416 g/mol. The molecule has 0 fully saturated rings. The van der Waals surface area contributed by atoms with Crippen LogP contribution in [0.25, 0.3) is 0 Å². The molecule has 0 aliphatic carbocycles. The van der Waals surface area contributed by atoms with Crippen LogP contribution in [0.5, 0.6) is 23.0 Å². The van der Waals surface area contributed by atoms with Crippen molar-refractivity contribution < 1.29 is 33.4 Å². The molecule has 0 N–H and O–H groups in total. The molecule has 2 aromatic rings. The summed E-state index contributed by atoms with van der Waals surface area (Å²) in [5.41, 5.74) is -0.536. The van der Waals surface area contributed by atoms with Crippen LogP contribution in [0.4, 0.5) is 5.69 Å². The molecule has 0 spiro atoms. The largest absolute Gasteiger partial charge is 0.493 e. The van der Waals surface area contributed by atoms with Gasteiger partial charge in [-0.25, -0.2) is 4.79 Å². The smallest absolute Gasteiger partial charge is 0.350 e. The normalized spacial score (nSPS) is 10.1. The quantitative estimate of drug-likeness (QED) is 0.188. The van der Waals surface area contributed by atoms with E-state index in [1.807, 2.05) is 6.07 Å². The minimum Gasteiger partial charge on any atom is -0.493 e. The summed E-state index contributed by atoms with van der Waals surface area (Å²) in [5, 5.41) is 20.5. The number of hydrogen-bond acceptors (Lipinski definition) is 9. The van der Waals surface area contributed by atoms with Crippen molar-refractivity contribution in [2.45, 2.75) is 6.92 Å². The molecule has 0 aliphatic heterocycles. The van der Waals surface area contributed by atoms with Gasteiger partial charge in [0.15, 0.2) is 23.0 Å². The van der Waals surface area contributed by atoms with E-state index in [0.29, 0.717) is 5.56 Å². The summed E-state index contributed by atoms with van der Waals surface area (Å²) in [6, 6.07) is 8.45. The van der Waals surface area contributed by atoms with E-state index in [1.165, 1.54) is 38.5 Å². The Labute approximate surface area is 172 Å². The molecule has 0 saturated carbocycles. The van der Waals surface area contributed by atoms with Crippen molar-refractivity contribution in [1.82, 2.24) is 0 Å². The molecular formula is C20H20N2O8. The van der Waals surface area contributed by atoms with Crippen LogP contribution in [0, 0.1) is 21.4 Å². The first-order valence-corrected chi connectivity index (χ1v) is 8.82. The van der Waals surface area contributed by atoms with Crippen LogP contribution in [-0.2, 0) is 4.74 Å². The summed E-state index contributed by atoms with van der Waals surface area (Å²) in [5.74, 6) is -0.595. The van der Waals surface area contributed by atoms with Gasteiger partial charge in [0.25, 0.3) is 5.69 Å². The first kappa shape index (κ1) is 22.4. The fraction of sp³-hybridized carbons (Fsp3) is 0.300. The Hall–Kier alpha value is -3.84. The maximum absolute atomic E-state index is 12.7. The molecule has 0 bridgehead atoms. The van der Waals surface area contributed by atoms with E-state index >= 15 is 0 Å². The topological polar surface area (TPSA) is 130 Å². The van der Waals surface area contributed by atoms with E-state index < -0.39 is 16.6 Å². The lowest BCUT2D eigenvalue weighted by molar-refractivity contribution is -0.385. The highest BCUT2D eigenvalue weighted by molar-refractivity contribution is 5.96. The third kappa shape index (κ3) is 5.36. The van der Waals surface area contributed by atoms with Gasteiger partial charge in [-0.1, -0.05) is 0 Å². The van der Waals surface area contributed by atoms with Gasteiger partial charge in [0, 0.05) is 19.2 Å². The number of benzene rings is 2. The number of nitriles is 1. The predicted octanol–water partition coefficient (Wildman–Crippen LogP) is 3.12. The number of nitro groups is 1. The summed E-state index contributed by atoms with van der Waals surface area (Å²) >= 11 is 0. The molecule has 0 radical (unpaired) electrons. The molecule has 0 heterocycles. The molecule has 10 nitrogen and oxygen atoms in total. The number of nitro benzene ring substituents is 1. The number of carbonyl (C=O) groups excluding carboxylic acids is 1. The van der Waals surface area contributed by atoms with Gasteiger partial charge in [-0.2, -0.15) is 5.26 Å². The Morgan fingerprint density at radius 2 is 1.80 bits per heavy atom. The maximum atomic E-state index is 12.7. The molecule has 0 amide bonds. The second-order valence-electron chi connectivity index (χ2n) is 5.71. The number of hydrogen-bond donors (Lipinski definition) is 0. The third-order valence-corrected chi connectivity index (χ3v) is 3.82. The molecule has 30 heavy (non-hydrogen) atoms. The van der Waals surface area contributed by atoms with Crippen LogP contribution in [0.1, 0.15) is 22.8 Å². The Bertz CT molecular complexity index is 968. The van der Waals surface area contributed by atoms with E-state index in [9.17, 15) is 14.9 Å². The SMILES string of the molecule is CCOc1cc(C#N)ccc1OC(=O)c1cc(OC)c(OCCOC)cc1[N+](=O)[O-]. The molecule has 2 aromatic carbocycles. The van der Waals surface area contributed by atoms with E-state index in [0.717, 1.165) is 6.07 Å². The highest BCUT2D eigenvalue weighted by Gasteiger charge is 2.27. The van der Waals surface area contributed by atoms with E-state index in [2.05, 4.69) is 0 Å². The second kappa shape index (κ2) is 10.6. The van der Waals surface area contributed by atoms with Crippen molar-refractivity contribution in [2.75, 3.05) is 34.0 Å². The summed E-state index contributed by atoms with van der Waals surface area (Å²) in [6.45, 7) is 2.39. The van der Waals surface area contributed by atoms with E-state index in [4.69, 9.17) is 28.9 Å². The number of ether oxygens (including phenoxy) is 5. The Balaban J connectivity index is 2.41. The first-order valence-electron chi connectivity index (χ1n) is 8.82. The molecule has 0 aromatic heterocycles. The first-order chi connectivity index (χ1) is 14.4. The van der Waals surface area contributed by atoms with E-state index in [-0.39, 0.29) is 48.4 Å².